The molecular weight excluding hydrogens is 434 g/mol. The quantitative estimate of drug-likeness (QED) is 0.118. The lowest BCUT2D eigenvalue weighted by Gasteiger charge is -2.17. The van der Waals surface area contributed by atoms with Crippen LogP contribution in [0.15, 0.2) is 36.4 Å². The van der Waals surface area contributed by atoms with Gasteiger partial charge in [0.2, 0.25) is 5.91 Å². The van der Waals surface area contributed by atoms with E-state index in [0.717, 1.165) is 31.2 Å². The average Bonchev–Trinajstić information content (AvgIpc) is 2.82. The first kappa shape index (κ1) is 29.2. The fourth-order valence-electron chi connectivity index (χ4n) is 3.83. The second-order valence-corrected chi connectivity index (χ2v) is 9.19. The van der Waals surface area contributed by atoms with Crippen LogP contribution in [0.5, 0.6) is 5.75 Å². The van der Waals surface area contributed by atoms with Gasteiger partial charge in [-0.15, -0.1) is 11.6 Å². The number of phenols is 1. The van der Waals surface area contributed by atoms with Gasteiger partial charge in [-0.25, -0.2) is 0 Å². The number of nitrogens with one attached hydrogen (secondary N) is 1. The number of allylic oxidation sites excluding steroid dienone is 2. The number of hydrogen-bond donors (Lipinski definition) is 2. The summed E-state index contributed by atoms with van der Waals surface area (Å²) >= 11 is 5.72. The summed E-state index contributed by atoms with van der Waals surface area (Å²) in [5.41, 5.74) is 0.873. The Morgan fingerprint density at radius 3 is 2.00 bits per heavy atom. The van der Waals surface area contributed by atoms with Crippen LogP contribution in [0.4, 0.5) is 0 Å². The summed E-state index contributed by atoms with van der Waals surface area (Å²) in [6.45, 7) is 2.25. The van der Waals surface area contributed by atoms with Crippen LogP contribution in [0.2, 0.25) is 0 Å². The van der Waals surface area contributed by atoms with Crippen molar-refractivity contribution in [1.82, 2.24) is 5.32 Å². The third-order valence-corrected chi connectivity index (χ3v) is 6.16. The van der Waals surface area contributed by atoms with Crippen molar-refractivity contribution in [2.24, 2.45) is 0 Å². The zero-order valence-corrected chi connectivity index (χ0v) is 21.3. The molecule has 0 saturated heterocycles. The van der Waals surface area contributed by atoms with E-state index in [0.29, 0.717) is 12.8 Å². The van der Waals surface area contributed by atoms with Crippen LogP contribution < -0.4 is 5.32 Å². The molecule has 4 nitrogen and oxygen atoms in total. The maximum absolute atomic E-state index is 12.3. The zero-order valence-electron chi connectivity index (χ0n) is 20.5. The number of unbranched alkanes of at least 4 members (excludes halogenated alkanes) is 11. The highest BCUT2D eigenvalue weighted by Crippen LogP contribution is 2.13. The average molecular weight is 478 g/mol. The van der Waals surface area contributed by atoms with E-state index in [1.165, 1.54) is 57.8 Å². The summed E-state index contributed by atoms with van der Waals surface area (Å²) in [6, 6.07) is 6.03. The third-order valence-electron chi connectivity index (χ3n) is 5.90. The van der Waals surface area contributed by atoms with E-state index < -0.39 is 6.04 Å². The van der Waals surface area contributed by atoms with Gasteiger partial charge in [-0.1, -0.05) is 82.6 Å². The topological polar surface area (TPSA) is 66.4 Å². The van der Waals surface area contributed by atoms with Crippen LogP contribution in [0, 0.1) is 0 Å². The number of carbonyl (C=O) groups excluding carboxylic acids is 2. The number of aromatic hydroxyl groups is 1. The molecule has 1 rings (SSSR count). The highest BCUT2D eigenvalue weighted by molar-refractivity contribution is 6.28. The van der Waals surface area contributed by atoms with E-state index >= 15 is 0 Å². The maximum atomic E-state index is 12.3. The molecule has 0 aliphatic rings. The molecule has 1 aromatic carbocycles. The van der Waals surface area contributed by atoms with Crippen LogP contribution in [0.3, 0.4) is 0 Å². The predicted octanol–water partition coefficient (Wildman–Crippen LogP) is 7.26. The molecule has 33 heavy (non-hydrogen) atoms. The van der Waals surface area contributed by atoms with Crippen molar-refractivity contribution in [3.05, 3.63) is 42.0 Å². The van der Waals surface area contributed by atoms with Crippen LogP contribution in [-0.2, 0) is 16.0 Å². The second kappa shape index (κ2) is 19.6. The summed E-state index contributed by atoms with van der Waals surface area (Å²) in [7, 11) is 0. The molecule has 0 saturated carbocycles. The Labute approximate surface area is 206 Å². The standard InChI is InChI=1S/C28H44ClNO3/c1-2-3-4-5-6-7-8-9-10-11-12-13-14-15-16-17-28(33)30-26(27(32)23-29)22-24-18-20-25(31)21-19-24/h9-10,18-21,26,31H,2-8,11-17,22-23H2,1H3,(H,30,33)/b10-9-/t26-/m0/s1. The number of alkyl halides is 1. The largest absolute Gasteiger partial charge is 0.508 e. The molecule has 1 aromatic rings. The number of rotatable bonds is 20. The smallest absolute Gasteiger partial charge is 0.220 e. The van der Waals surface area contributed by atoms with Crippen molar-refractivity contribution in [3.63, 3.8) is 0 Å². The molecule has 1 amide bonds. The number of benzene rings is 1. The van der Waals surface area contributed by atoms with E-state index in [1.807, 2.05) is 0 Å². The molecule has 0 bridgehead atoms. The van der Waals surface area contributed by atoms with E-state index in [2.05, 4.69) is 24.4 Å². The minimum absolute atomic E-state index is 0.102. The lowest BCUT2D eigenvalue weighted by molar-refractivity contribution is -0.126. The first-order valence-corrected chi connectivity index (χ1v) is 13.4. The van der Waals surface area contributed by atoms with Crippen LogP contribution in [0.1, 0.15) is 102 Å². The Morgan fingerprint density at radius 2 is 1.42 bits per heavy atom. The summed E-state index contributed by atoms with van der Waals surface area (Å²) in [5.74, 6) is -0.249. The van der Waals surface area contributed by atoms with Gasteiger partial charge in [0.05, 0.1) is 11.9 Å². The normalized spacial score (nSPS) is 12.2. The van der Waals surface area contributed by atoms with Gasteiger partial charge in [-0.05, 0) is 56.2 Å². The number of hydrogen-bond acceptors (Lipinski definition) is 3. The second-order valence-electron chi connectivity index (χ2n) is 8.92. The molecule has 0 radical (unpaired) electrons. The fourth-order valence-corrected chi connectivity index (χ4v) is 4.02. The van der Waals surface area contributed by atoms with Crippen LogP contribution in [-0.4, -0.2) is 28.7 Å². The SMILES string of the molecule is CCCCCCCC/C=C\CCCCCCCC(=O)N[C@@H](Cc1ccc(O)cc1)C(=O)CCl. The summed E-state index contributed by atoms with van der Waals surface area (Å²) < 4.78 is 0. The summed E-state index contributed by atoms with van der Waals surface area (Å²) in [5, 5.41) is 12.2. The zero-order chi connectivity index (χ0) is 24.2. The lowest BCUT2D eigenvalue weighted by atomic mass is 10.0. The highest BCUT2D eigenvalue weighted by atomic mass is 35.5. The molecule has 0 fully saturated rings. The van der Waals surface area contributed by atoms with Crippen molar-refractivity contribution in [2.75, 3.05) is 5.88 Å². The molecule has 0 aliphatic carbocycles. The number of carbonyl (C=O) groups is 2. The number of halogens is 1. The molecule has 0 aliphatic heterocycles. The predicted molar refractivity (Wildman–Crippen MR) is 139 cm³/mol. The minimum Gasteiger partial charge on any atom is -0.508 e. The van der Waals surface area contributed by atoms with Crippen LogP contribution in [0.25, 0.3) is 0 Å². The van der Waals surface area contributed by atoms with Gasteiger partial charge in [0.25, 0.3) is 0 Å². The Bertz CT molecular complexity index is 672. The molecule has 186 valence electrons. The lowest BCUT2D eigenvalue weighted by Crippen LogP contribution is -2.43. The molecule has 1 atom stereocenters. The van der Waals surface area contributed by atoms with Gasteiger partial charge in [-0.2, -0.15) is 0 Å². The molecule has 5 heteroatoms. The molecule has 0 unspecified atom stereocenters. The van der Waals surface area contributed by atoms with Gasteiger partial charge < -0.3 is 10.4 Å². The number of phenolic OH excluding ortho intramolecular Hbond substituents is 1. The molecule has 0 spiro atoms. The number of ketones is 1. The van der Waals surface area contributed by atoms with E-state index in [4.69, 9.17) is 11.6 Å². The van der Waals surface area contributed by atoms with Crippen molar-refractivity contribution in [1.29, 1.82) is 0 Å². The first-order chi connectivity index (χ1) is 16.1. The number of Topliss-reactive ketones (excluding diaryl/α,β-unsaturated/α-hetero) is 1. The van der Waals surface area contributed by atoms with Gasteiger partial charge >= 0.3 is 0 Å². The van der Waals surface area contributed by atoms with Crippen molar-refractivity contribution in [3.8, 4) is 5.75 Å². The first-order valence-electron chi connectivity index (χ1n) is 12.9. The van der Waals surface area contributed by atoms with Gasteiger partial charge in [-0.3, -0.25) is 9.59 Å². The summed E-state index contributed by atoms with van der Waals surface area (Å²) in [4.78, 5) is 24.4. The van der Waals surface area contributed by atoms with Crippen molar-refractivity contribution in [2.45, 2.75) is 109 Å². The number of amides is 1. The molecule has 0 heterocycles. The Balaban J connectivity index is 2.09. The maximum Gasteiger partial charge on any atom is 0.220 e. The monoisotopic (exact) mass is 477 g/mol. The fraction of sp³-hybridized carbons (Fsp3) is 0.643. The van der Waals surface area contributed by atoms with E-state index in [9.17, 15) is 14.7 Å². The van der Waals surface area contributed by atoms with Gasteiger partial charge in [0.1, 0.15) is 5.75 Å². The van der Waals surface area contributed by atoms with E-state index in [1.54, 1.807) is 24.3 Å². The Morgan fingerprint density at radius 1 is 0.879 bits per heavy atom. The van der Waals surface area contributed by atoms with Crippen molar-refractivity contribution >= 4 is 23.3 Å². The minimum atomic E-state index is -0.623. The van der Waals surface area contributed by atoms with E-state index in [-0.39, 0.29) is 23.3 Å². The highest BCUT2D eigenvalue weighted by Gasteiger charge is 2.20. The van der Waals surface area contributed by atoms with Gasteiger partial charge in [0.15, 0.2) is 5.78 Å². The molecule has 0 aromatic heterocycles. The van der Waals surface area contributed by atoms with Crippen LogP contribution >= 0.6 is 11.6 Å². The Hall–Kier alpha value is -1.81. The Kier molecular flexibility index (Phi) is 17.4. The van der Waals surface area contributed by atoms with Gasteiger partial charge in [0, 0.05) is 6.42 Å². The molecular formula is C28H44ClNO3. The summed E-state index contributed by atoms with van der Waals surface area (Å²) in [6.07, 6.45) is 21.3. The third kappa shape index (κ3) is 15.6. The molecule has 2 N–H and O–H groups in total. The van der Waals surface area contributed by atoms with Crippen molar-refractivity contribution < 1.29 is 14.7 Å².